The number of carbonyl (C=O) groups excluding carboxylic acids is 2. The lowest BCUT2D eigenvalue weighted by molar-refractivity contribution is -0.123. The van der Waals surface area contributed by atoms with E-state index in [1.54, 1.807) is 24.3 Å². The Bertz CT molecular complexity index is 963. The van der Waals surface area contributed by atoms with Crippen LogP contribution in [0.15, 0.2) is 34.8 Å². The van der Waals surface area contributed by atoms with Crippen molar-refractivity contribution in [2.75, 3.05) is 32.2 Å². The fraction of sp³-hybridized carbons (Fsp3) is 0.364. The first-order valence-corrected chi connectivity index (χ1v) is 10.6. The minimum atomic E-state index is -1.03. The molecular weight excluding hydrogens is 470 g/mol. The van der Waals surface area contributed by atoms with Gasteiger partial charge in [-0.15, -0.1) is 0 Å². The van der Waals surface area contributed by atoms with E-state index in [1.807, 2.05) is 6.92 Å². The fourth-order valence-corrected chi connectivity index (χ4v) is 3.39. The summed E-state index contributed by atoms with van der Waals surface area (Å²) in [6, 6.07) is 8.16. The van der Waals surface area contributed by atoms with E-state index in [4.69, 9.17) is 23.7 Å². The molecule has 0 radical (unpaired) electrons. The van der Waals surface area contributed by atoms with Crippen LogP contribution >= 0.6 is 15.9 Å². The molecule has 8 nitrogen and oxygen atoms in total. The lowest BCUT2D eigenvalue weighted by atomic mass is 10.2. The smallest absolute Gasteiger partial charge is 0.339 e. The van der Waals surface area contributed by atoms with E-state index in [0.29, 0.717) is 53.0 Å². The molecule has 9 heteroatoms. The normalized spacial score (nSPS) is 13.2. The predicted octanol–water partition coefficient (Wildman–Crippen LogP) is 4.20. The van der Waals surface area contributed by atoms with Gasteiger partial charge < -0.3 is 29.0 Å². The van der Waals surface area contributed by atoms with Gasteiger partial charge in [0, 0.05) is 11.8 Å². The second-order valence-corrected chi connectivity index (χ2v) is 7.59. The molecule has 1 N–H and O–H groups in total. The standard InChI is InChI=1S/C22H24BrNO7/c1-4-7-30-20-16(23)10-14(11-19(20)27-3)22(26)31-13(2)21(25)24-15-5-6-17-18(12-15)29-9-8-28-17/h5-6,10-13H,4,7-9H2,1-3H3,(H,24,25). The van der Waals surface area contributed by atoms with Crippen molar-refractivity contribution >= 4 is 33.5 Å². The molecule has 0 fully saturated rings. The number of fused-ring (bicyclic) bond motifs is 1. The number of halogens is 1. The number of esters is 1. The van der Waals surface area contributed by atoms with Crippen molar-refractivity contribution < 1.29 is 33.3 Å². The third-order valence-electron chi connectivity index (χ3n) is 4.38. The molecule has 0 aliphatic carbocycles. The number of carbonyl (C=O) groups is 2. The zero-order valence-corrected chi connectivity index (χ0v) is 19.1. The number of hydrogen-bond acceptors (Lipinski definition) is 7. The van der Waals surface area contributed by atoms with Crippen LogP contribution in [0.3, 0.4) is 0 Å². The zero-order chi connectivity index (χ0) is 22.4. The number of methoxy groups -OCH3 is 1. The van der Waals surface area contributed by atoms with E-state index < -0.39 is 18.0 Å². The number of benzene rings is 2. The summed E-state index contributed by atoms with van der Waals surface area (Å²) in [7, 11) is 1.49. The van der Waals surface area contributed by atoms with E-state index in [9.17, 15) is 9.59 Å². The molecule has 166 valence electrons. The Kier molecular flexibility index (Phi) is 7.62. The van der Waals surface area contributed by atoms with Crippen molar-refractivity contribution in [3.63, 3.8) is 0 Å². The van der Waals surface area contributed by atoms with Crippen molar-refractivity contribution in [1.82, 2.24) is 0 Å². The predicted molar refractivity (Wildman–Crippen MR) is 117 cm³/mol. The summed E-state index contributed by atoms with van der Waals surface area (Å²) in [5.74, 6) is 0.934. The van der Waals surface area contributed by atoms with Crippen molar-refractivity contribution in [2.24, 2.45) is 0 Å². The second-order valence-electron chi connectivity index (χ2n) is 6.73. The van der Waals surface area contributed by atoms with E-state index in [2.05, 4.69) is 21.2 Å². The Morgan fingerprint density at radius 3 is 2.61 bits per heavy atom. The quantitative estimate of drug-likeness (QED) is 0.550. The summed E-state index contributed by atoms with van der Waals surface area (Å²) in [5, 5.41) is 2.71. The van der Waals surface area contributed by atoms with Crippen LogP contribution in [0.25, 0.3) is 0 Å². The number of ether oxygens (including phenoxy) is 5. The van der Waals surface area contributed by atoms with Gasteiger partial charge in [-0.3, -0.25) is 4.79 Å². The summed E-state index contributed by atoms with van der Waals surface area (Å²) in [6.45, 7) is 4.92. The van der Waals surface area contributed by atoms with Crippen LogP contribution in [0.4, 0.5) is 5.69 Å². The fourth-order valence-electron chi connectivity index (χ4n) is 2.83. The summed E-state index contributed by atoms with van der Waals surface area (Å²) >= 11 is 3.39. The van der Waals surface area contributed by atoms with Crippen LogP contribution in [0, 0.1) is 0 Å². The SMILES string of the molecule is CCCOc1c(Br)cc(C(=O)OC(C)C(=O)Nc2ccc3c(c2)OCCO3)cc1OC. The van der Waals surface area contributed by atoms with Gasteiger partial charge in [0.1, 0.15) is 13.2 Å². The van der Waals surface area contributed by atoms with Gasteiger partial charge in [-0.2, -0.15) is 0 Å². The largest absolute Gasteiger partial charge is 0.493 e. The topological polar surface area (TPSA) is 92.3 Å². The van der Waals surface area contributed by atoms with Crippen molar-refractivity contribution in [1.29, 1.82) is 0 Å². The Morgan fingerprint density at radius 2 is 1.90 bits per heavy atom. The van der Waals surface area contributed by atoms with E-state index in [0.717, 1.165) is 6.42 Å². The number of amides is 1. The summed E-state index contributed by atoms with van der Waals surface area (Å²) in [6.07, 6.45) is -0.198. The van der Waals surface area contributed by atoms with Crippen molar-refractivity contribution in [3.8, 4) is 23.0 Å². The minimum absolute atomic E-state index is 0.228. The third-order valence-corrected chi connectivity index (χ3v) is 4.97. The third kappa shape index (κ3) is 5.61. The lowest BCUT2D eigenvalue weighted by Crippen LogP contribution is -2.30. The molecule has 0 spiro atoms. The molecule has 1 aliphatic rings. The van der Waals surface area contributed by atoms with Gasteiger partial charge in [-0.05, 0) is 53.5 Å². The van der Waals surface area contributed by atoms with Gasteiger partial charge in [0.05, 0.1) is 23.8 Å². The van der Waals surface area contributed by atoms with Crippen molar-refractivity contribution in [3.05, 3.63) is 40.4 Å². The minimum Gasteiger partial charge on any atom is -0.493 e. The Hall–Kier alpha value is -2.94. The maximum Gasteiger partial charge on any atom is 0.339 e. The number of anilines is 1. The van der Waals surface area contributed by atoms with Crippen LogP contribution in [-0.2, 0) is 9.53 Å². The molecule has 1 atom stereocenters. The molecule has 0 saturated heterocycles. The maximum absolute atomic E-state index is 12.6. The van der Waals surface area contributed by atoms with Crippen molar-refractivity contribution in [2.45, 2.75) is 26.4 Å². The highest BCUT2D eigenvalue weighted by Crippen LogP contribution is 2.37. The number of rotatable bonds is 8. The molecule has 1 heterocycles. The molecule has 2 aromatic carbocycles. The number of nitrogens with one attached hydrogen (secondary N) is 1. The van der Waals surface area contributed by atoms with Gasteiger partial charge in [0.2, 0.25) is 0 Å². The number of hydrogen-bond donors (Lipinski definition) is 1. The average molecular weight is 494 g/mol. The molecule has 0 bridgehead atoms. The van der Waals surface area contributed by atoms with Gasteiger partial charge in [0.15, 0.2) is 29.1 Å². The monoisotopic (exact) mass is 493 g/mol. The highest BCUT2D eigenvalue weighted by atomic mass is 79.9. The molecule has 1 aliphatic heterocycles. The highest BCUT2D eigenvalue weighted by molar-refractivity contribution is 9.10. The molecule has 1 unspecified atom stereocenters. The highest BCUT2D eigenvalue weighted by Gasteiger charge is 2.22. The molecule has 31 heavy (non-hydrogen) atoms. The van der Waals surface area contributed by atoms with Crippen LogP contribution in [0.2, 0.25) is 0 Å². The molecule has 1 amide bonds. The van der Waals surface area contributed by atoms with Gasteiger partial charge in [-0.1, -0.05) is 6.92 Å². The summed E-state index contributed by atoms with van der Waals surface area (Å²) < 4.78 is 27.8. The van der Waals surface area contributed by atoms with Gasteiger partial charge >= 0.3 is 5.97 Å². The van der Waals surface area contributed by atoms with Gasteiger partial charge in [-0.25, -0.2) is 4.79 Å². The van der Waals surface area contributed by atoms with Gasteiger partial charge in [0.25, 0.3) is 5.91 Å². The van der Waals surface area contributed by atoms with Crippen LogP contribution in [0.1, 0.15) is 30.6 Å². The van der Waals surface area contributed by atoms with Crippen LogP contribution < -0.4 is 24.3 Å². The Balaban J connectivity index is 1.65. The maximum atomic E-state index is 12.6. The lowest BCUT2D eigenvalue weighted by Gasteiger charge is -2.19. The van der Waals surface area contributed by atoms with E-state index in [1.165, 1.54) is 20.1 Å². The molecule has 3 rings (SSSR count). The summed E-state index contributed by atoms with van der Waals surface area (Å²) in [5.41, 5.74) is 0.741. The molecule has 0 saturated carbocycles. The van der Waals surface area contributed by atoms with Crippen LogP contribution in [-0.4, -0.2) is 44.9 Å². The second kappa shape index (κ2) is 10.4. The molecule has 2 aromatic rings. The first kappa shape index (κ1) is 22.7. The molecular formula is C22H24BrNO7. The Labute approximate surface area is 188 Å². The first-order valence-electron chi connectivity index (χ1n) is 9.84. The molecule has 0 aromatic heterocycles. The van der Waals surface area contributed by atoms with Crippen LogP contribution in [0.5, 0.6) is 23.0 Å². The van der Waals surface area contributed by atoms with E-state index >= 15 is 0 Å². The van der Waals surface area contributed by atoms with E-state index in [-0.39, 0.29) is 5.56 Å². The Morgan fingerprint density at radius 1 is 1.16 bits per heavy atom. The summed E-state index contributed by atoms with van der Waals surface area (Å²) in [4.78, 5) is 25.1. The zero-order valence-electron chi connectivity index (χ0n) is 17.5. The first-order chi connectivity index (χ1) is 14.9. The average Bonchev–Trinajstić information content (AvgIpc) is 2.77.